The summed E-state index contributed by atoms with van der Waals surface area (Å²) in [6.45, 7) is 0. The number of rotatable bonds is 1. The molecule has 1 heterocycles. The van der Waals surface area contributed by atoms with E-state index in [0.717, 1.165) is 10.2 Å². The third kappa shape index (κ3) is 1.84. The zero-order valence-electron chi connectivity index (χ0n) is 8.10. The maximum Gasteiger partial charge on any atom is 0.332 e. The van der Waals surface area contributed by atoms with E-state index in [-0.39, 0.29) is 0 Å². The first kappa shape index (κ1) is 9.72. The lowest BCUT2D eigenvalue weighted by Gasteiger charge is -1.94. The minimum absolute atomic E-state index is 0.660. The lowest BCUT2D eigenvalue weighted by atomic mass is 10.3. The van der Waals surface area contributed by atoms with E-state index >= 15 is 0 Å². The Hall–Kier alpha value is -1.82. The molecule has 15 heavy (non-hydrogen) atoms. The number of aromatic nitrogens is 1. The van der Waals surface area contributed by atoms with Crippen LogP contribution in [0.25, 0.3) is 10.2 Å². The average Bonchev–Trinajstić information content (AvgIpc) is 2.54. The molecule has 0 atom stereocenters. The Morgan fingerprint density at radius 1 is 1.53 bits per heavy atom. The molecular formula is C9H10N4OS. The van der Waals surface area contributed by atoms with Crippen molar-refractivity contribution in [1.82, 2.24) is 9.99 Å². The first-order valence-corrected chi connectivity index (χ1v) is 5.14. The fourth-order valence-electron chi connectivity index (χ4n) is 1.29. The standard InChI is InChI=1S/C9H10N4OS/c1-13-6-4-2-3-5-7(6)15-9(13)12-11-8(10)14/h2-5H,1H3,(H3,10,11,14)/b12-9-. The van der Waals surface area contributed by atoms with Crippen LogP contribution in [0.5, 0.6) is 0 Å². The van der Waals surface area contributed by atoms with E-state index in [1.165, 1.54) is 11.3 Å². The maximum absolute atomic E-state index is 10.5. The highest BCUT2D eigenvalue weighted by Gasteiger charge is 2.00. The predicted molar refractivity (Wildman–Crippen MR) is 59.1 cm³/mol. The van der Waals surface area contributed by atoms with Crippen LogP contribution in [0.2, 0.25) is 0 Å². The summed E-state index contributed by atoms with van der Waals surface area (Å²) in [4.78, 5) is 11.2. The molecule has 2 amide bonds. The highest BCUT2D eigenvalue weighted by Crippen LogP contribution is 2.14. The Morgan fingerprint density at radius 3 is 2.93 bits per heavy atom. The number of carbonyl (C=O) groups is 1. The van der Waals surface area contributed by atoms with Crippen molar-refractivity contribution < 1.29 is 4.79 Å². The lowest BCUT2D eigenvalue weighted by molar-refractivity contribution is 0.249. The molecule has 5 nitrogen and oxygen atoms in total. The maximum atomic E-state index is 10.5. The third-order valence-corrected chi connectivity index (χ3v) is 3.09. The molecule has 0 bridgehead atoms. The number of thiazole rings is 1. The topological polar surface area (TPSA) is 72.4 Å². The Bertz CT molecular complexity index is 569. The molecule has 78 valence electrons. The molecule has 0 aliphatic heterocycles. The number of para-hydroxylation sites is 1. The van der Waals surface area contributed by atoms with E-state index < -0.39 is 6.03 Å². The van der Waals surface area contributed by atoms with Crippen molar-refractivity contribution in [3.05, 3.63) is 29.1 Å². The number of nitrogens with zero attached hydrogens (tertiary/aromatic N) is 2. The first-order chi connectivity index (χ1) is 7.18. The molecule has 0 spiro atoms. The number of aryl methyl sites for hydroxylation is 1. The van der Waals surface area contributed by atoms with Crippen molar-refractivity contribution in [1.29, 1.82) is 0 Å². The van der Waals surface area contributed by atoms with E-state index in [9.17, 15) is 4.79 Å². The smallest absolute Gasteiger partial charge is 0.332 e. The molecule has 0 fully saturated rings. The van der Waals surface area contributed by atoms with Crippen molar-refractivity contribution in [2.24, 2.45) is 17.9 Å². The molecule has 0 saturated heterocycles. The van der Waals surface area contributed by atoms with Gasteiger partial charge in [-0.1, -0.05) is 23.5 Å². The van der Waals surface area contributed by atoms with Gasteiger partial charge in [-0.2, -0.15) is 0 Å². The van der Waals surface area contributed by atoms with Gasteiger partial charge < -0.3 is 10.3 Å². The molecular weight excluding hydrogens is 212 g/mol. The van der Waals surface area contributed by atoms with Gasteiger partial charge in [-0.05, 0) is 12.1 Å². The Labute approximate surface area is 89.8 Å². The van der Waals surface area contributed by atoms with Crippen LogP contribution in [0.1, 0.15) is 0 Å². The van der Waals surface area contributed by atoms with Gasteiger partial charge in [0.25, 0.3) is 0 Å². The summed E-state index contributed by atoms with van der Waals surface area (Å²) >= 11 is 1.49. The number of amides is 2. The molecule has 0 aliphatic carbocycles. The quantitative estimate of drug-likeness (QED) is 0.686. The number of urea groups is 1. The minimum atomic E-state index is -0.660. The summed E-state index contributed by atoms with van der Waals surface area (Å²) in [5.74, 6) is 0. The summed E-state index contributed by atoms with van der Waals surface area (Å²) in [5, 5.41) is 3.90. The van der Waals surface area contributed by atoms with Crippen LogP contribution in [0.4, 0.5) is 4.79 Å². The number of nitrogens with two attached hydrogens (primary N) is 1. The Morgan fingerprint density at radius 2 is 2.27 bits per heavy atom. The molecule has 1 aromatic heterocycles. The average molecular weight is 222 g/mol. The second-order valence-corrected chi connectivity index (χ2v) is 4.01. The third-order valence-electron chi connectivity index (χ3n) is 1.98. The molecule has 0 radical (unpaired) electrons. The molecule has 0 unspecified atom stereocenters. The van der Waals surface area contributed by atoms with Crippen molar-refractivity contribution >= 4 is 27.6 Å². The van der Waals surface area contributed by atoms with Crippen LogP contribution in [0.15, 0.2) is 29.4 Å². The largest absolute Gasteiger partial charge is 0.350 e. The Kier molecular flexibility index (Phi) is 2.42. The number of carbonyl (C=O) groups excluding carboxylic acids is 1. The summed E-state index contributed by atoms with van der Waals surface area (Å²) < 4.78 is 3.01. The number of primary amides is 1. The van der Waals surface area contributed by atoms with Gasteiger partial charge in [0.2, 0.25) is 4.80 Å². The Balaban J connectivity index is 2.58. The van der Waals surface area contributed by atoms with Crippen molar-refractivity contribution in [2.75, 3.05) is 0 Å². The number of benzene rings is 1. The summed E-state index contributed by atoms with van der Waals surface area (Å²) in [7, 11) is 1.89. The number of nitrogens with one attached hydrogen (secondary N) is 1. The van der Waals surface area contributed by atoms with Gasteiger partial charge >= 0.3 is 6.03 Å². The van der Waals surface area contributed by atoms with Crippen molar-refractivity contribution in [2.45, 2.75) is 0 Å². The molecule has 0 aliphatic rings. The monoisotopic (exact) mass is 222 g/mol. The molecule has 1 aromatic carbocycles. The number of fused-ring (bicyclic) bond motifs is 1. The molecule has 3 N–H and O–H groups in total. The minimum Gasteiger partial charge on any atom is -0.350 e. The van der Waals surface area contributed by atoms with Crippen LogP contribution in [0.3, 0.4) is 0 Å². The number of hydrogen-bond acceptors (Lipinski definition) is 3. The highest BCUT2D eigenvalue weighted by molar-refractivity contribution is 7.16. The first-order valence-electron chi connectivity index (χ1n) is 4.32. The second-order valence-electron chi connectivity index (χ2n) is 3.00. The zero-order valence-corrected chi connectivity index (χ0v) is 8.91. The molecule has 2 rings (SSSR count). The van der Waals surface area contributed by atoms with Gasteiger partial charge in [-0.15, -0.1) is 5.10 Å². The highest BCUT2D eigenvalue weighted by atomic mass is 32.1. The SMILES string of the molecule is Cn1/c(=N/NC(N)=O)sc2ccccc21. The van der Waals surface area contributed by atoms with E-state index in [1.54, 1.807) is 0 Å². The summed E-state index contributed by atoms with van der Waals surface area (Å²) in [6.07, 6.45) is 0. The fraction of sp³-hybridized carbons (Fsp3) is 0.111. The van der Waals surface area contributed by atoms with Gasteiger partial charge in [0.05, 0.1) is 10.2 Å². The van der Waals surface area contributed by atoms with E-state index in [4.69, 9.17) is 5.73 Å². The van der Waals surface area contributed by atoms with E-state index in [2.05, 4.69) is 10.5 Å². The van der Waals surface area contributed by atoms with Crippen LogP contribution in [-0.4, -0.2) is 10.6 Å². The molecule has 6 heteroatoms. The van der Waals surface area contributed by atoms with E-state index in [0.29, 0.717) is 4.80 Å². The lowest BCUT2D eigenvalue weighted by Crippen LogP contribution is -2.27. The van der Waals surface area contributed by atoms with Crippen molar-refractivity contribution in [3.8, 4) is 0 Å². The predicted octanol–water partition coefficient (Wildman–Crippen LogP) is 0.724. The molecule has 0 saturated carbocycles. The normalized spacial score (nSPS) is 11.9. The van der Waals surface area contributed by atoms with Gasteiger partial charge in [0.1, 0.15) is 0 Å². The van der Waals surface area contributed by atoms with Crippen LogP contribution in [-0.2, 0) is 7.05 Å². The van der Waals surface area contributed by atoms with Crippen LogP contribution in [0, 0.1) is 0 Å². The van der Waals surface area contributed by atoms with Gasteiger partial charge in [0.15, 0.2) is 0 Å². The second kappa shape index (κ2) is 3.74. The van der Waals surface area contributed by atoms with Gasteiger partial charge in [-0.25, -0.2) is 10.2 Å². The summed E-state index contributed by atoms with van der Waals surface area (Å²) in [6, 6.07) is 7.26. The molecule has 2 aromatic rings. The van der Waals surface area contributed by atoms with Gasteiger partial charge in [-0.3, -0.25) is 0 Å². The fourth-order valence-corrected chi connectivity index (χ4v) is 2.27. The van der Waals surface area contributed by atoms with Crippen LogP contribution < -0.4 is 16.0 Å². The van der Waals surface area contributed by atoms with Crippen LogP contribution >= 0.6 is 11.3 Å². The summed E-state index contributed by atoms with van der Waals surface area (Å²) in [5.41, 5.74) is 8.23. The zero-order chi connectivity index (χ0) is 10.8. The van der Waals surface area contributed by atoms with Gasteiger partial charge in [0, 0.05) is 7.05 Å². The van der Waals surface area contributed by atoms with E-state index in [1.807, 2.05) is 35.9 Å². The number of hydrogen-bond donors (Lipinski definition) is 2. The van der Waals surface area contributed by atoms with Crippen molar-refractivity contribution in [3.63, 3.8) is 0 Å².